The van der Waals surface area contributed by atoms with Crippen molar-refractivity contribution in [2.75, 3.05) is 0 Å². The highest BCUT2D eigenvalue weighted by Gasteiger charge is 2.11. The van der Waals surface area contributed by atoms with Crippen molar-refractivity contribution in [3.05, 3.63) is 63.9 Å². The summed E-state index contributed by atoms with van der Waals surface area (Å²) in [5.41, 5.74) is 5.74. The molecule has 0 aliphatic heterocycles. The summed E-state index contributed by atoms with van der Waals surface area (Å²) in [6.07, 6.45) is 0. The topological polar surface area (TPSA) is 78.1 Å². The smallest absolute Gasteiger partial charge is 0.251 e. The first-order chi connectivity index (χ1) is 11.5. The zero-order valence-corrected chi connectivity index (χ0v) is 13.8. The van der Waals surface area contributed by atoms with E-state index in [1.165, 1.54) is 23.7 Å². The first-order valence-electron chi connectivity index (χ1n) is 6.83. The summed E-state index contributed by atoms with van der Waals surface area (Å²) in [4.78, 5) is 15.5. The van der Waals surface area contributed by atoms with Crippen molar-refractivity contribution in [1.82, 2.24) is 9.36 Å². The van der Waals surface area contributed by atoms with E-state index in [9.17, 15) is 9.18 Å². The van der Waals surface area contributed by atoms with Crippen LogP contribution in [0.4, 0.5) is 4.39 Å². The van der Waals surface area contributed by atoms with Crippen molar-refractivity contribution < 1.29 is 13.9 Å². The Balaban J connectivity index is 1.71. The highest BCUT2D eigenvalue weighted by molar-refractivity contribution is 7.05. The van der Waals surface area contributed by atoms with E-state index in [1.807, 2.05) is 12.1 Å². The Bertz CT molecular complexity index is 883. The normalized spacial score (nSPS) is 10.6. The molecule has 0 saturated heterocycles. The molecule has 1 heterocycles. The molecule has 0 unspecified atom stereocenters. The minimum atomic E-state index is -0.848. The fraction of sp³-hybridized carbons (Fsp3) is 0.0625. The molecule has 0 aliphatic rings. The SMILES string of the molecule is NC(=O)c1cc(OCc2nc(-c3ccc(Cl)cc3)ns2)ccc1F. The third-order valence-electron chi connectivity index (χ3n) is 3.14. The molecule has 1 aromatic heterocycles. The molecule has 1 amide bonds. The van der Waals surface area contributed by atoms with Crippen LogP contribution in [0.15, 0.2) is 42.5 Å². The van der Waals surface area contributed by atoms with Crippen molar-refractivity contribution in [1.29, 1.82) is 0 Å². The number of rotatable bonds is 5. The van der Waals surface area contributed by atoms with Gasteiger partial charge in [0.25, 0.3) is 5.91 Å². The van der Waals surface area contributed by atoms with Gasteiger partial charge in [-0.1, -0.05) is 11.6 Å². The van der Waals surface area contributed by atoms with E-state index in [2.05, 4.69) is 9.36 Å². The predicted octanol–water partition coefficient (Wildman–Crippen LogP) is 3.68. The van der Waals surface area contributed by atoms with Crippen LogP contribution in [0.5, 0.6) is 5.75 Å². The molecule has 0 saturated carbocycles. The van der Waals surface area contributed by atoms with E-state index in [1.54, 1.807) is 12.1 Å². The number of hydrogen-bond acceptors (Lipinski definition) is 5. The van der Waals surface area contributed by atoms with Crippen LogP contribution < -0.4 is 10.5 Å². The number of carbonyl (C=O) groups excluding carboxylic acids is 1. The lowest BCUT2D eigenvalue weighted by Crippen LogP contribution is -2.13. The van der Waals surface area contributed by atoms with E-state index in [-0.39, 0.29) is 12.2 Å². The maximum absolute atomic E-state index is 13.4. The monoisotopic (exact) mass is 363 g/mol. The van der Waals surface area contributed by atoms with Crippen LogP contribution in [0.3, 0.4) is 0 Å². The number of amides is 1. The molecule has 5 nitrogen and oxygen atoms in total. The van der Waals surface area contributed by atoms with E-state index in [4.69, 9.17) is 22.1 Å². The van der Waals surface area contributed by atoms with Gasteiger partial charge in [-0.05, 0) is 54.0 Å². The molecule has 2 aromatic carbocycles. The number of carbonyl (C=O) groups is 1. The molecule has 0 radical (unpaired) electrons. The quantitative estimate of drug-likeness (QED) is 0.750. The first-order valence-corrected chi connectivity index (χ1v) is 7.99. The van der Waals surface area contributed by atoms with Crippen molar-refractivity contribution >= 4 is 29.0 Å². The van der Waals surface area contributed by atoms with Crippen molar-refractivity contribution in [2.45, 2.75) is 6.61 Å². The van der Waals surface area contributed by atoms with Gasteiger partial charge in [0.05, 0.1) is 5.56 Å². The molecule has 0 spiro atoms. The Morgan fingerprint density at radius 1 is 1.25 bits per heavy atom. The van der Waals surface area contributed by atoms with Crippen LogP contribution in [-0.4, -0.2) is 15.3 Å². The molecule has 0 atom stereocenters. The maximum Gasteiger partial charge on any atom is 0.251 e. The summed E-state index contributed by atoms with van der Waals surface area (Å²) in [7, 11) is 0. The van der Waals surface area contributed by atoms with Gasteiger partial charge in [-0.2, -0.15) is 4.37 Å². The van der Waals surface area contributed by atoms with Crippen LogP contribution in [0, 0.1) is 5.82 Å². The lowest BCUT2D eigenvalue weighted by atomic mass is 10.2. The summed E-state index contributed by atoms with van der Waals surface area (Å²) in [6.45, 7) is 0.148. The Labute approximate surface area is 146 Å². The zero-order chi connectivity index (χ0) is 17.1. The van der Waals surface area contributed by atoms with E-state index >= 15 is 0 Å². The van der Waals surface area contributed by atoms with Gasteiger partial charge < -0.3 is 10.5 Å². The summed E-state index contributed by atoms with van der Waals surface area (Å²) < 4.78 is 23.2. The largest absolute Gasteiger partial charge is 0.486 e. The maximum atomic E-state index is 13.4. The van der Waals surface area contributed by atoms with E-state index in [0.717, 1.165) is 11.6 Å². The number of primary amides is 1. The fourth-order valence-corrected chi connectivity index (χ4v) is 2.66. The number of benzene rings is 2. The zero-order valence-electron chi connectivity index (χ0n) is 12.2. The van der Waals surface area contributed by atoms with E-state index < -0.39 is 11.7 Å². The molecule has 24 heavy (non-hydrogen) atoms. The standard InChI is InChI=1S/C16H11ClFN3O2S/c17-10-3-1-9(2-4-10)16-20-14(24-21-16)8-23-11-5-6-13(18)12(7-11)15(19)22/h1-7H,8H2,(H2,19,22). The van der Waals surface area contributed by atoms with Gasteiger partial charge in [-0.25, -0.2) is 9.37 Å². The Morgan fingerprint density at radius 3 is 2.71 bits per heavy atom. The van der Waals surface area contributed by atoms with Gasteiger partial charge in [0.15, 0.2) is 10.8 Å². The molecule has 3 aromatic rings. The third-order valence-corrected chi connectivity index (χ3v) is 4.07. The van der Waals surface area contributed by atoms with Crippen molar-refractivity contribution in [3.63, 3.8) is 0 Å². The highest BCUT2D eigenvalue weighted by Crippen LogP contribution is 2.22. The van der Waals surface area contributed by atoms with Crippen LogP contribution in [0.1, 0.15) is 15.4 Å². The molecular formula is C16H11ClFN3O2S. The molecule has 3 rings (SSSR count). The van der Waals surface area contributed by atoms with Gasteiger partial charge in [0.2, 0.25) is 0 Å². The first kappa shape index (κ1) is 16.4. The number of halogens is 2. The van der Waals surface area contributed by atoms with Crippen molar-refractivity contribution in [2.24, 2.45) is 5.73 Å². The second-order valence-electron chi connectivity index (χ2n) is 4.81. The summed E-state index contributed by atoms with van der Waals surface area (Å²) in [5, 5.41) is 1.28. The van der Waals surface area contributed by atoms with Crippen LogP contribution in [0.25, 0.3) is 11.4 Å². The number of aromatic nitrogens is 2. The van der Waals surface area contributed by atoms with Crippen molar-refractivity contribution in [3.8, 4) is 17.1 Å². The molecule has 0 fully saturated rings. The number of hydrogen-bond donors (Lipinski definition) is 1. The molecular weight excluding hydrogens is 353 g/mol. The molecule has 122 valence electrons. The summed E-state index contributed by atoms with van der Waals surface area (Å²) >= 11 is 7.05. The van der Waals surface area contributed by atoms with E-state index in [0.29, 0.717) is 21.6 Å². The minimum Gasteiger partial charge on any atom is -0.486 e. The Morgan fingerprint density at radius 2 is 2.00 bits per heavy atom. The number of nitrogens with two attached hydrogens (primary N) is 1. The molecule has 8 heteroatoms. The third kappa shape index (κ3) is 3.69. The molecule has 0 bridgehead atoms. The fourth-order valence-electron chi connectivity index (χ4n) is 1.96. The lowest BCUT2D eigenvalue weighted by Gasteiger charge is -2.05. The average molecular weight is 364 g/mol. The second kappa shape index (κ2) is 6.94. The Hall–Kier alpha value is -2.51. The predicted molar refractivity (Wildman–Crippen MR) is 89.6 cm³/mol. The lowest BCUT2D eigenvalue weighted by molar-refractivity contribution is 0.0996. The number of nitrogens with zero attached hydrogens (tertiary/aromatic N) is 2. The summed E-state index contributed by atoms with van der Waals surface area (Å²) in [5.74, 6) is -0.629. The van der Waals surface area contributed by atoms with Gasteiger partial charge in [-0.15, -0.1) is 0 Å². The second-order valence-corrected chi connectivity index (χ2v) is 6.09. The molecule has 2 N–H and O–H groups in total. The highest BCUT2D eigenvalue weighted by atomic mass is 35.5. The molecule has 0 aliphatic carbocycles. The summed E-state index contributed by atoms with van der Waals surface area (Å²) in [6, 6.07) is 11.0. The van der Waals surface area contributed by atoms with Gasteiger partial charge >= 0.3 is 0 Å². The number of ether oxygens (including phenoxy) is 1. The minimum absolute atomic E-state index is 0.148. The van der Waals surface area contributed by atoms with Gasteiger partial charge in [0, 0.05) is 10.6 Å². The van der Waals surface area contributed by atoms with Crippen LogP contribution >= 0.6 is 23.1 Å². The van der Waals surface area contributed by atoms with Gasteiger partial charge in [0.1, 0.15) is 18.2 Å². The van der Waals surface area contributed by atoms with Crippen LogP contribution in [-0.2, 0) is 6.61 Å². The average Bonchev–Trinajstić information content (AvgIpc) is 3.03. The Kier molecular flexibility index (Phi) is 4.73. The van der Waals surface area contributed by atoms with Gasteiger partial charge in [-0.3, -0.25) is 4.79 Å². The van der Waals surface area contributed by atoms with Crippen LogP contribution in [0.2, 0.25) is 5.02 Å².